The molecule has 0 radical (unpaired) electrons. The summed E-state index contributed by atoms with van der Waals surface area (Å²) < 4.78 is 32.5. The molecule has 3 atom stereocenters. The van der Waals surface area contributed by atoms with E-state index in [9.17, 15) is 23.5 Å². The maximum Gasteiger partial charge on any atom is 0.319 e. The van der Waals surface area contributed by atoms with Crippen LogP contribution in [0.4, 0.5) is 19.3 Å². The lowest BCUT2D eigenvalue weighted by atomic mass is 9.97. The lowest BCUT2D eigenvalue weighted by Gasteiger charge is -2.36. The SMILES string of the molecule is O=C(Nc1ccc(F)cc1)N[C@@H]1CC[C@@H](CCNC(=O)c2ccccc2F)O[C@H]1CO. The van der Waals surface area contributed by atoms with Gasteiger partial charge in [0, 0.05) is 12.2 Å². The maximum absolute atomic E-state index is 13.7. The van der Waals surface area contributed by atoms with E-state index >= 15 is 0 Å². The number of anilines is 1. The number of carbonyl (C=O) groups excluding carboxylic acids is 2. The minimum absolute atomic E-state index is 0.0169. The van der Waals surface area contributed by atoms with Crippen molar-refractivity contribution in [3.05, 3.63) is 65.7 Å². The molecule has 2 aromatic rings. The first-order chi connectivity index (χ1) is 15.0. The molecular weight excluding hydrogens is 408 g/mol. The zero-order valence-electron chi connectivity index (χ0n) is 16.8. The van der Waals surface area contributed by atoms with Crippen LogP contribution >= 0.6 is 0 Å². The van der Waals surface area contributed by atoms with Gasteiger partial charge in [0.1, 0.15) is 17.7 Å². The van der Waals surface area contributed by atoms with Crippen molar-refractivity contribution in [3.8, 4) is 0 Å². The number of amides is 3. The molecule has 166 valence electrons. The third-order valence-corrected chi connectivity index (χ3v) is 5.08. The molecule has 0 spiro atoms. The van der Waals surface area contributed by atoms with E-state index in [2.05, 4.69) is 16.0 Å². The van der Waals surface area contributed by atoms with Crippen molar-refractivity contribution < 1.29 is 28.2 Å². The van der Waals surface area contributed by atoms with Crippen molar-refractivity contribution in [2.24, 2.45) is 0 Å². The molecule has 7 nitrogen and oxygen atoms in total. The highest BCUT2D eigenvalue weighted by Crippen LogP contribution is 2.22. The van der Waals surface area contributed by atoms with E-state index in [0.717, 1.165) is 0 Å². The van der Waals surface area contributed by atoms with E-state index in [0.29, 0.717) is 31.5 Å². The molecule has 0 aromatic heterocycles. The average Bonchev–Trinajstić information content (AvgIpc) is 2.76. The first-order valence-corrected chi connectivity index (χ1v) is 10.1. The summed E-state index contributed by atoms with van der Waals surface area (Å²) in [5.74, 6) is -1.48. The van der Waals surface area contributed by atoms with Gasteiger partial charge < -0.3 is 25.8 Å². The number of aliphatic hydroxyl groups excluding tert-OH is 1. The van der Waals surface area contributed by atoms with Crippen LogP contribution in [-0.2, 0) is 4.74 Å². The van der Waals surface area contributed by atoms with Crippen molar-refractivity contribution in [1.82, 2.24) is 10.6 Å². The van der Waals surface area contributed by atoms with Crippen LogP contribution in [0, 0.1) is 11.6 Å². The number of hydrogen-bond donors (Lipinski definition) is 4. The number of ether oxygens (including phenoxy) is 1. The quantitative estimate of drug-likeness (QED) is 0.540. The molecule has 3 rings (SSSR count). The van der Waals surface area contributed by atoms with Crippen LogP contribution in [0.5, 0.6) is 0 Å². The van der Waals surface area contributed by atoms with Gasteiger partial charge in [-0.3, -0.25) is 4.79 Å². The van der Waals surface area contributed by atoms with Crippen molar-refractivity contribution in [3.63, 3.8) is 0 Å². The monoisotopic (exact) mass is 433 g/mol. The van der Waals surface area contributed by atoms with E-state index in [-0.39, 0.29) is 18.3 Å². The Kier molecular flexibility index (Phi) is 7.91. The van der Waals surface area contributed by atoms with Crippen LogP contribution in [0.15, 0.2) is 48.5 Å². The first kappa shape index (κ1) is 22.6. The zero-order chi connectivity index (χ0) is 22.2. The molecule has 9 heteroatoms. The van der Waals surface area contributed by atoms with Crippen molar-refractivity contribution >= 4 is 17.6 Å². The molecule has 0 bridgehead atoms. The van der Waals surface area contributed by atoms with Gasteiger partial charge in [-0.05, 0) is 55.7 Å². The second-order valence-electron chi connectivity index (χ2n) is 7.29. The smallest absolute Gasteiger partial charge is 0.319 e. The summed E-state index contributed by atoms with van der Waals surface area (Å²) in [6.07, 6.45) is 0.878. The Morgan fingerprint density at radius 2 is 1.81 bits per heavy atom. The van der Waals surface area contributed by atoms with Crippen LogP contribution < -0.4 is 16.0 Å². The Labute approximate surface area is 178 Å². The fourth-order valence-electron chi connectivity index (χ4n) is 3.47. The summed E-state index contributed by atoms with van der Waals surface area (Å²) in [6.45, 7) is 0.0126. The zero-order valence-corrected chi connectivity index (χ0v) is 16.8. The molecule has 31 heavy (non-hydrogen) atoms. The Hall–Kier alpha value is -3.04. The summed E-state index contributed by atoms with van der Waals surface area (Å²) in [7, 11) is 0. The first-order valence-electron chi connectivity index (χ1n) is 10.1. The van der Waals surface area contributed by atoms with E-state index in [1.54, 1.807) is 6.07 Å². The predicted octanol–water partition coefficient (Wildman–Crippen LogP) is 2.81. The van der Waals surface area contributed by atoms with Crippen LogP contribution in [0.3, 0.4) is 0 Å². The van der Waals surface area contributed by atoms with Gasteiger partial charge in [0.2, 0.25) is 0 Å². The molecule has 1 aliphatic heterocycles. The van der Waals surface area contributed by atoms with Crippen molar-refractivity contribution in [2.75, 3.05) is 18.5 Å². The molecule has 1 heterocycles. The van der Waals surface area contributed by atoms with Gasteiger partial charge in [-0.2, -0.15) is 0 Å². The normalized spacial score (nSPS) is 20.7. The Morgan fingerprint density at radius 3 is 2.52 bits per heavy atom. The standard InChI is InChI=1S/C22H25F2N3O4/c23-14-5-7-15(8-6-14)26-22(30)27-19-10-9-16(31-20(19)13-28)11-12-25-21(29)17-3-1-2-4-18(17)24/h1-8,16,19-20,28H,9-13H2,(H,25,29)(H2,26,27,30)/t16-,19+,20-/m0/s1. The Balaban J connectivity index is 1.43. The number of halogens is 2. The molecule has 0 saturated carbocycles. The van der Waals surface area contributed by atoms with Gasteiger partial charge in [-0.1, -0.05) is 12.1 Å². The number of benzene rings is 2. The summed E-state index contributed by atoms with van der Waals surface area (Å²) in [6, 6.07) is 10.2. The van der Waals surface area contributed by atoms with Gasteiger partial charge >= 0.3 is 6.03 Å². The molecule has 1 fully saturated rings. The third-order valence-electron chi connectivity index (χ3n) is 5.08. The van der Waals surface area contributed by atoms with E-state index in [1.807, 2.05) is 0 Å². The topological polar surface area (TPSA) is 99.7 Å². The molecule has 0 aliphatic carbocycles. The summed E-state index contributed by atoms with van der Waals surface area (Å²) in [5.41, 5.74) is 0.427. The third kappa shape index (κ3) is 6.47. The van der Waals surface area contributed by atoms with E-state index < -0.39 is 35.7 Å². The van der Waals surface area contributed by atoms with Gasteiger partial charge in [0.15, 0.2) is 0 Å². The van der Waals surface area contributed by atoms with Gasteiger partial charge in [0.05, 0.1) is 24.3 Å². The molecule has 1 saturated heterocycles. The molecule has 0 unspecified atom stereocenters. The Bertz CT molecular complexity index is 895. The number of urea groups is 1. The molecule has 4 N–H and O–H groups in total. The fourth-order valence-corrected chi connectivity index (χ4v) is 3.47. The van der Waals surface area contributed by atoms with Crippen molar-refractivity contribution in [1.29, 1.82) is 0 Å². The number of nitrogens with one attached hydrogen (secondary N) is 3. The van der Waals surface area contributed by atoms with Gasteiger partial charge in [-0.25, -0.2) is 13.6 Å². The highest BCUT2D eigenvalue weighted by molar-refractivity contribution is 5.94. The lowest BCUT2D eigenvalue weighted by Crippen LogP contribution is -2.52. The van der Waals surface area contributed by atoms with Crippen LogP contribution in [0.25, 0.3) is 0 Å². The largest absolute Gasteiger partial charge is 0.394 e. The summed E-state index contributed by atoms with van der Waals surface area (Å²) in [5, 5.41) is 17.7. The highest BCUT2D eigenvalue weighted by atomic mass is 19.1. The van der Waals surface area contributed by atoms with Gasteiger partial charge in [0.25, 0.3) is 5.91 Å². The minimum atomic E-state index is -0.597. The number of rotatable bonds is 7. The lowest BCUT2D eigenvalue weighted by molar-refractivity contribution is -0.0886. The van der Waals surface area contributed by atoms with E-state index in [1.165, 1.54) is 42.5 Å². The predicted molar refractivity (Wildman–Crippen MR) is 111 cm³/mol. The highest BCUT2D eigenvalue weighted by Gasteiger charge is 2.31. The molecular formula is C22H25F2N3O4. The maximum atomic E-state index is 13.7. The second-order valence-corrected chi connectivity index (χ2v) is 7.29. The Morgan fingerprint density at radius 1 is 1.06 bits per heavy atom. The van der Waals surface area contributed by atoms with Crippen molar-refractivity contribution in [2.45, 2.75) is 37.5 Å². The minimum Gasteiger partial charge on any atom is -0.394 e. The van der Waals surface area contributed by atoms with E-state index in [4.69, 9.17) is 4.74 Å². The van der Waals surface area contributed by atoms with Crippen LogP contribution in [0.1, 0.15) is 29.6 Å². The average molecular weight is 433 g/mol. The van der Waals surface area contributed by atoms with Gasteiger partial charge in [-0.15, -0.1) is 0 Å². The summed E-state index contributed by atoms with van der Waals surface area (Å²) >= 11 is 0. The van der Waals surface area contributed by atoms with Crippen LogP contribution in [-0.4, -0.2) is 48.4 Å². The second kappa shape index (κ2) is 10.8. The molecule has 3 amide bonds. The number of carbonyl (C=O) groups is 2. The molecule has 2 aromatic carbocycles. The number of aliphatic hydroxyl groups is 1. The number of hydrogen-bond acceptors (Lipinski definition) is 4. The van der Waals surface area contributed by atoms with Crippen LogP contribution in [0.2, 0.25) is 0 Å². The fraction of sp³-hybridized carbons (Fsp3) is 0.364. The summed E-state index contributed by atoms with van der Waals surface area (Å²) in [4.78, 5) is 24.2. The molecule has 1 aliphatic rings.